The van der Waals surface area contributed by atoms with E-state index in [2.05, 4.69) is 46.3 Å². The van der Waals surface area contributed by atoms with Crippen LogP contribution in [0.2, 0.25) is 0 Å². The van der Waals surface area contributed by atoms with Gasteiger partial charge in [0.15, 0.2) is 0 Å². The van der Waals surface area contributed by atoms with Gasteiger partial charge in [-0.2, -0.15) is 0 Å². The van der Waals surface area contributed by atoms with Gasteiger partial charge >= 0.3 is 0 Å². The topological polar surface area (TPSA) is 31.4 Å². The number of rotatable bonds is 6. The summed E-state index contributed by atoms with van der Waals surface area (Å²) in [7, 11) is 4.44. The van der Waals surface area contributed by atoms with Crippen LogP contribution in [0.25, 0.3) is 0 Å². The van der Waals surface area contributed by atoms with E-state index in [0.29, 0.717) is 6.04 Å². The standard InChI is InChI=1S/C15H26N4/c1-18(10-6-14-5-3-4-8-17-14)11-7-15-13-16-9-12-19(15)2/h3-5,8,15-16H,6-7,9-13H2,1-2H3. The molecule has 0 bridgehead atoms. The largest absolute Gasteiger partial charge is 0.314 e. The van der Waals surface area contributed by atoms with E-state index in [4.69, 9.17) is 0 Å². The summed E-state index contributed by atoms with van der Waals surface area (Å²) >= 11 is 0. The summed E-state index contributed by atoms with van der Waals surface area (Å²) in [5.74, 6) is 0. The van der Waals surface area contributed by atoms with E-state index in [9.17, 15) is 0 Å². The van der Waals surface area contributed by atoms with Crippen LogP contribution in [0.4, 0.5) is 0 Å². The number of likely N-dealkylation sites (N-methyl/N-ethyl adjacent to an activating group) is 2. The molecule has 2 rings (SSSR count). The highest BCUT2D eigenvalue weighted by Gasteiger charge is 2.18. The van der Waals surface area contributed by atoms with Gasteiger partial charge in [0, 0.05) is 50.5 Å². The lowest BCUT2D eigenvalue weighted by Gasteiger charge is -2.34. The highest BCUT2D eigenvalue weighted by Crippen LogP contribution is 2.06. The Balaban J connectivity index is 1.65. The van der Waals surface area contributed by atoms with Crippen molar-refractivity contribution in [1.82, 2.24) is 20.1 Å². The average molecular weight is 262 g/mol. The van der Waals surface area contributed by atoms with E-state index in [0.717, 1.165) is 32.6 Å². The van der Waals surface area contributed by atoms with Crippen molar-refractivity contribution >= 4 is 0 Å². The molecule has 4 heteroatoms. The molecule has 19 heavy (non-hydrogen) atoms. The molecule has 1 N–H and O–H groups in total. The third kappa shape index (κ3) is 4.90. The van der Waals surface area contributed by atoms with Crippen molar-refractivity contribution in [3.8, 4) is 0 Å². The summed E-state index contributed by atoms with van der Waals surface area (Å²) in [5.41, 5.74) is 1.19. The molecule has 1 aliphatic rings. The monoisotopic (exact) mass is 262 g/mol. The van der Waals surface area contributed by atoms with Gasteiger partial charge in [-0.15, -0.1) is 0 Å². The summed E-state index contributed by atoms with van der Waals surface area (Å²) in [6.07, 6.45) is 4.15. The number of hydrogen-bond acceptors (Lipinski definition) is 4. The molecular weight excluding hydrogens is 236 g/mol. The van der Waals surface area contributed by atoms with Gasteiger partial charge in [0.05, 0.1) is 0 Å². The molecule has 1 atom stereocenters. The highest BCUT2D eigenvalue weighted by atomic mass is 15.2. The molecule has 1 saturated heterocycles. The van der Waals surface area contributed by atoms with Crippen molar-refractivity contribution in [2.75, 3.05) is 46.8 Å². The van der Waals surface area contributed by atoms with Gasteiger partial charge in [-0.25, -0.2) is 0 Å². The molecule has 1 unspecified atom stereocenters. The first-order chi connectivity index (χ1) is 9.25. The maximum atomic E-state index is 4.37. The quantitative estimate of drug-likeness (QED) is 0.823. The molecule has 0 saturated carbocycles. The van der Waals surface area contributed by atoms with E-state index in [1.165, 1.54) is 18.7 Å². The zero-order chi connectivity index (χ0) is 13.5. The van der Waals surface area contributed by atoms with Crippen molar-refractivity contribution in [2.24, 2.45) is 0 Å². The second-order valence-corrected chi connectivity index (χ2v) is 5.50. The molecule has 4 nitrogen and oxygen atoms in total. The molecule has 0 amide bonds. The smallest absolute Gasteiger partial charge is 0.0416 e. The summed E-state index contributed by atoms with van der Waals surface area (Å²) in [5, 5.41) is 3.48. The Morgan fingerprint density at radius 2 is 2.32 bits per heavy atom. The fourth-order valence-electron chi connectivity index (χ4n) is 2.52. The van der Waals surface area contributed by atoms with Gasteiger partial charge in [0.1, 0.15) is 0 Å². The summed E-state index contributed by atoms with van der Waals surface area (Å²) < 4.78 is 0. The lowest BCUT2D eigenvalue weighted by Crippen LogP contribution is -2.50. The Morgan fingerprint density at radius 3 is 3.05 bits per heavy atom. The summed E-state index contributed by atoms with van der Waals surface area (Å²) in [6, 6.07) is 6.82. The number of nitrogens with one attached hydrogen (secondary N) is 1. The molecule has 0 spiro atoms. The van der Waals surface area contributed by atoms with Gasteiger partial charge in [-0.3, -0.25) is 4.98 Å². The second kappa shape index (κ2) is 7.58. The van der Waals surface area contributed by atoms with Crippen LogP contribution in [0.3, 0.4) is 0 Å². The number of aromatic nitrogens is 1. The normalized spacial score (nSPS) is 20.9. The predicted molar refractivity (Wildman–Crippen MR) is 79.3 cm³/mol. The van der Waals surface area contributed by atoms with Crippen molar-refractivity contribution in [3.05, 3.63) is 30.1 Å². The van der Waals surface area contributed by atoms with Crippen LogP contribution < -0.4 is 5.32 Å². The Bertz CT molecular complexity index is 354. The van der Waals surface area contributed by atoms with E-state index in [1.54, 1.807) is 0 Å². The molecule has 1 aromatic rings. The van der Waals surface area contributed by atoms with Crippen LogP contribution in [0.1, 0.15) is 12.1 Å². The fraction of sp³-hybridized carbons (Fsp3) is 0.667. The minimum Gasteiger partial charge on any atom is -0.314 e. The predicted octanol–water partition coefficient (Wildman–Crippen LogP) is 0.850. The minimum atomic E-state index is 0.686. The van der Waals surface area contributed by atoms with Crippen LogP contribution in [-0.4, -0.2) is 67.6 Å². The lowest BCUT2D eigenvalue weighted by molar-refractivity contribution is 0.173. The fourth-order valence-corrected chi connectivity index (χ4v) is 2.52. The Labute approximate surface area is 116 Å². The number of hydrogen-bond donors (Lipinski definition) is 1. The minimum absolute atomic E-state index is 0.686. The van der Waals surface area contributed by atoms with Crippen LogP contribution in [0.15, 0.2) is 24.4 Å². The molecule has 2 heterocycles. The van der Waals surface area contributed by atoms with Crippen molar-refractivity contribution in [2.45, 2.75) is 18.9 Å². The van der Waals surface area contributed by atoms with Crippen molar-refractivity contribution in [1.29, 1.82) is 0 Å². The van der Waals surface area contributed by atoms with E-state index in [1.807, 2.05) is 12.3 Å². The van der Waals surface area contributed by atoms with Crippen LogP contribution in [0, 0.1) is 0 Å². The van der Waals surface area contributed by atoms with Gasteiger partial charge < -0.3 is 15.1 Å². The molecule has 0 radical (unpaired) electrons. The summed E-state index contributed by atoms with van der Waals surface area (Å²) in [6.45, 7) is 5.67. The average Bonchev–Trinajstić information content (AvgIpc) is 2.45. The molecule has 106 valence electrons. The summed E-state index contributed by atoms with van der Waals surface area (Å²) in [4.78, 5) is 9.26. The molecule has 1 aromatic heterocycles. The first-order valence-electron chi connectivity index (χ1n) is 7.25. The Hall–Kier alpha value is -0.970. The van der Waals surface area contributed by atoms with Gasteiger partial charge in [-0.05, 0) is 39.2 Å². The van der Waals surface area contributed by atoms with Crippen molar-refractivity contribution in [3.63, 3.8) is 0 Å². The molecule has 1 aliphatic heterocycles. The highest BCUT2D eigenvalue weighted by molar-refractivity contribution is 5.03. The van der Waals surface area contributed by atoms with Gasteiger partial charge in [0.2, 0.25) is 0 Å². The second-order valence-electron chi connectivity index (χ2n) is 5.50. The molecule has 0 aromatic carbocycles. The maximum Gasteiger partial charge on any atom is 0.0416 e. The Kier molecular flexibility index (Phi) is 5.76. The first-order valence-corrected chi connectivity index (χ1v) is 7.25. The third-order valence-corrected chi connectivity index (χ3v) is 3.96. The third-order valence-electron chi connectivity index (χ3n) is 3.96. The number of pyridine rings is 1. The lowest BCUT2D eigenvalue weighted by atomic mass is 10.1. The number of nitrogens with zero attached hydrogens (tertiary/aromatic N) is 3. The van der Waals surface area contributed by atoms with E-state index >= 15 is 0 Å². The zero-order valence-electron chi connectivity index (χ0n) is 12.2. The molecule has 0 aliphatic carbocycles. The SMILES string of the molecule is CN(CCc1ccccn1)CCC1CNCCN1C. The van der Waals surface area contributed by atoms with Crippen LogP contribution in [0.5, 0.6) is 0 Å². The van der Waals surface area contributed by atoms with Gasteiger partial charge in [-0.1, -0.05) is 6.07 Å². The van der Waals surface area contributed by atoms with Crippen molar-refractivity contribution < 1.29 is 0 Å². The van der Waals surface area contributed by atoms with Crippen LogP contribution in [-0.2, 0) is 6.42 Å². The molecular formula is C15H26N4. The number of piperazine rings is 1. The van der Waals surface area contributed by atoms with Gasteiger partial charge in [0.25, 0.3) is 0 Å². The van der Waals surface area contributed by atoms with E-state index in [-0.39, 0.29) is 0 Å². The maximum absolute atomic E-state index is 4.37. The van der Waals surface area contributed by atoms with Crippen LogP contribution >= 0.6 is 0 Å². The molecule has 1 fully saturated rings. The Morgan fingerprint density at radius 1 is 1.42 bits per heavy atom. The van der Waals surface area contributed by atoms with E-state index < -0.39 is 0 Å². The first kappa shape index (κ1) is 14.4. The zero-order valence-corrected chi connectivity index (χ0v) is 12.2.